The van der Waals surface area contributed by atoms with Crippen LogP contribution in [-0.2, 0) is 0 Å². The van der Waals surface area contributed by atoms with Gasteiger partial charge in [-0.05, 0) is 23.9 Å². The van der Waals surface area contributed by atoms with Gasteiger partial charge in [-0.2, -0.15) is 0 Å². The molecule has 68 valence electrons. The van der Waals surface area contributed by atoms with Gasteiger partial charge in [0.25, 0.3) is 0 Å². The summed E-state index contributed by atoms with van der Waals surface area (Å²) in [7, 11) is 0. The predicted molar refractivity (Wildman–Crippen MR) is 54.1 cm³/mol. The second kappa shape index (κ2) is 4.60. The summed E-state index contributed by atoms with van der Waals surface area (Å²) in [5.74, 6) is 0.420. The van der Waals surface area contributed by atoms with Gasteiger partial charge in [0.2, 0.25) is 0 Å². The summed E-state index contributed by atoms with van der Waals surface area (Å²) in [4.78, 5) is 1.24. The van der Waals surface area contributed by atoms with Crippen LogP contribution in [0, 0.1) is 5.92 Å². The summed E-state index contributed by atoms with van der Waals surface area (Å²) in [5.41, 5.74) is 11.7. The maximum absolute atomic E-state index is 6.04. The molecular formula is C9H16N2S. The van der Waals surface area contributed by atoms with Gasteiger partial charge in [0.1, 0.15) is 0 Å². The third kappa shape index (κ3) is 2.06. The minimum Gasteiger partial charge on any atom is -0.330 e. The molecule has 0 spiro atoms. The largest absolute Gasteiger partial charge is 0.330 e. The third-order valence-electron chi connectivity index (χ3n) is 2.21. The van der Waals surface area contributed by atoms with E-state index in [1.54, 1.807) is 11.3 Å². The van der Waals surface area contributed by atoms with E-state index < -0.39 is 0 Å². The van der Waals surface area contributed by atoms with Crippen LogP contribution in [0.1, 0.15) is 24.3 Å². The van der Waals surface area contributed by atoms with Crippen LogP contribution in [0.15, 0.2) is 17.5 Å². The van der Waals surface area contributed by atoms with Crippen molar-refractivity contribution >= 4 is 11.3 Å². The fourth-order valence-corrected chi connectivity index (χ4v) is 2.10. The van der Waals surface area contributed by atoms with Gasteiger partial charge in [-0.25, -0.2) is 0 Å². The average molecular weight is 184 g/mol. The van der Waals surface area contributed by atoms with Crippen LogP contribution in [0.5, 0.6) is 0 Å². The van der Waals surface area contributed by atoms with Crippen LogP contribution < -0.4 is 11.5 Å². The van der Waals surface area contributed by atoms with Gasteiger partial charge in [0, 0.05) is 10.9 Å². The average Bonchev–Trinajstić information content (AvgIpc) is 2.58. The zero-order valence-corrected chi connectivity index (χ0v) is 8.18. The van der Waals surface area contributed by atoms with Gasteiger partial charge in [-0.15, -0.1) is 11.3 Å². The standard InChI is InChI=1S/C9H16N2S/c1-2-7(6-10)9(11)8-4-3-5-12-8/h3-5,7,9H,2,6,10-11H2,1H3. The molecule has 0 radical (unpaired) electrons. The molecule has 2 atom stereocenters. The van der Waals surface area contributed by atoms with Crippen molar-refractivity contribution in [3.63, 3.8) is 0 Å². The first kappa shape index (κ1) is 9.71. The van der Waals surface area contributed by atoms with Crippen molar-refractivity contribution in [2.45, 2.75) is 19.4 Å². The van der Waals surface area contributed by atoms with Gasteiger partial charge in [-0.3, -0.25) is 0 Å². The van der Waals surface area contributed by atoms with E-state index >= 15 is 0 Å². The number of thiophene rings is 1. The van der Waals surface area contributed by atoms with E-state index in [1.165, 1.54) is 4.88 Å². The van der Waals surface area contributed by atoms with E-state index in [1.807, 2.05) is 6.07 Å². The molecule has 0 aromatic carbocycles. The van der Waals surface area contributed by atoms with Crippen molar-refractivity contribution in [3.8, 4) is 0 Å². The fraction of sp³-hybridized carbons (Fsp3) is 0.556. The highest BCUT2D eigenvalue weighted by molar-refractivity contribution is 7.10. The maximum atomic E-state index is 6.04. The second-order valence-electron chi connectivity index (χ2n) is 2.95. The molecule has 4 N–H and O–H groups in total. The lowest BCUT2D eigenvalue weighted by molar-refractivity contribution is 0.433. The SMILES string of the molecule is CCC(CN)C(N)c1cccs1. The molecule has 2 nitrogen and oxygen atoms in total. The Morgan fingerprint density at radius 1 is 1.58 bits per heavy atom. The lowest BCUT2D eigenvalue weighted by Gasteiger charge is -2.19. The molecule has 1 heterocycles. The minimum atomic E-state index is 0.125. The summed E-state index contributed by atoms with van der Waals surface area (Å²) >= 11 is 1.71. The fourth-order valence-electron chi connectivity index (χ4n) is 1.28. The normalized spacial score (nSPS) is 15.9. The van der Waals surface area contributed by atoms with Crippen molar-refractivity contribution in [3.05, 3.63) is 22.4 Å². The van der Waals surface area contributed by atoms with Crippen LogP contribution in [0.25, 0.3) is 0 Å². The number of nitrogens with two attached hydrogens (primary N) is 2. The lowest BCUT2D eigenvalue weighted by atomic mass is 9.97. The Bertz CT molecular complexity index is 204. The molecular weight excluding hydrogens is 168 g/mol. The van der Waals surface area contributed by atoms with E-state index in [9.17, 15) is 0 Å². The minimum absolute atomic E-state index is 0.125. The molecule has 0 amide bonds. The Balaban J connectivity index is 2.63. The van der Waals surface area contributed by atoms with Crippen LogP contribution in [0.2, 0.25) is 0 Å². The molecule has 1 rings (SSSR count). The van der Waals surface area contributed by atoms with Crippen LogP contribution >= 0.6 is 11.3 Å². The summed E-state index contributed by atoms with van der Waals surface area (Å²) in [6, 6.07) is 4.23. The van der Waals surface area contributed by atoms with Crippen LogP contribution in [0.4, 0.5) is 0 Å². The first-order valence-electron chi connectivity index (χ1n) is 4.28. The van der Waals surface area contributed by atoms with Gasteiger partial charge in [-0.1, -0.05) is 19.4 Å². The Labute approximate surface area is 77.6 Å². The van der Waals surface area contributed by atoms with Crippen LogP contribution in [0.3, 0.4) is 0 Å². The molecule has 0 fully saturated rings. The third-order valence-corrected chi connectivity index (χ3v) is 3.18. The van der Waals surface area contributed by atoms with E-state index in [0.717, 1.165) is 6.42 Å². The second-order valence-corrected chi connectivity index (χ2v) is 3.92. The van der Waals surface area contributed by atoms with E-state index in [4.69, 9.17) is 11.5 Å². The highest BCUT2D eigenvalue weighted by Gasteiger charge is 2.16. The van der Waals surface area contributed by atoms with Crippen molar-refractivity contribution in [1.29, 1.82) is 0 Å². The van der Waals surface area contributed by atoms with Gasteiger partial charge >= 0.3 is 0 Å². The molecule has 12 heavy (non-hydrogen) atoms. The van der Waals surface area contributed by atoms with Crippen molar-refractivity contribution < 1.29 is 0 Å². The van der Waals surface area contributed by atoms with Crippen LogP contribution in [-0.4, -0.2) is 6.54 Å². The molecule has 0 aliphatic rings. The summed E-state index contributed by atoms with van der Waals surface area (Å²) in [5, 5.41) is 2.05. The highest BCUT2D eigenvalue weighted by Crippen LogP contribution is 2.24. The van der Waals surface area contributed by atoms with Crippen molar-refractivity contribution in [1.82, 2.24) is 0 Å². The van der Waals surface area contributed by atoms with E-state index in [2.05, 4.69) is 18.4 Å². The summed E-state index contributed by atoms with van der Waals surface area (Å²) < 4.78 is 0. The van der Waals surface area contributed by atoms with Gasteiger partial charge in [0.05, 0.1) is 0 Å². The monoisotopic (exact) mass is 184 g/mol. The number of hydrogen-bond donors (Lipinski definition) is 2. The predicted octanol–water partition coefficient (Wildman–Crippen LogP) is 1.73. The Hall–Kier alpha value is -0.380. The van der Waals surface area contributed by atoms with E-state index in [0.29, 0.717) is 12.5 Å². The van der Waals surface area contributed by atoms with E-state index in [-0.39, 0.29) is 6.04 Å². The molecule has 1 aromatic heterocycles. The maximum Gasteiger partial charge on any atom is 0.0430 e. The molecule has 0 saturated heterocycles. The number of hydrogen-bond acceptors (Lipinski definition) is 3. The summed E-state index contributed by atoms with van der Waals surface area (Å²) in [6.45, 7) is 2.81. The molecule has 0 aliphatic carbocycles. The summed E-state index contributed by atoms with van der Waals surface area (Å²) in [6.07, 6.45) is 1.05. The quantitative estimate of drug-likeness (QED) is 0.748. The zero-order chi connectivity index (χ0) is 8.97. The van der Waals surface area contributed by atoms with Gasteiger partial charge < -0.3 is 11.5 Å². The van der Waals surface area contributed by atoms with Crippen molar-refractivity contribution in [2.75, 3.05) is 6.54 Å². The van der Waals surface area contributed by atoms with Crippen molar-refractivity contribution in [2.24, 2.45) is 17.4 Å². The van der Waals surface area contributed by atoms with Gasteiger partial charge in [0.15, 0.2) is 0 Å². The molecule has 0 bridgehead atoms. The topological polar surface area (TPSA) is 52.0 Å². The molecule has 0 saturated carbocycles. The molecule has 3 heteroatoms. The Morgan fingerprint density at radius 3 is 2.75 bits per heavy atom. The number of rotatable bonds is 4. The molecule has 0 aliphatic heterocycles. The molecule has 2 unspecified atom stereocenters. The first-order valence-corrected chi connectivity index (χ1v) is 5.16. The lowest BCUT2D eigenvalue weighted by Crippen LogP contribution is -2.26. The molecule has 1 aromatic rings. The first-order chi connectivity index (χ1) is 5.79. The Kier molecular flexibility index (Phi) is 3.72. The smallest absolute Gasteiger partial charge is 0.0430 e. The zero-order valence-electron chi connectivity index (χ0n) is 7.36. The Morgan fingerprint density at radius 2 is 2.33 bits per heavy atom. The highest BCUT2D eigenvalue weighted by atomic mass is 32.1.